The monoisotopic (exact) mass is 251 g/mol. The molecule has 0 aromatic rings. The Morgan fingerprint density at radius 1 is 1.39 bits per heavy atom. The second-order valence-electron chi connectivity index (χ2n) is 6.36. The molecular weight excluding hydrogens is 230 g/mol. The fourth-order valence-electron chi connectivity index (χ4n) is 4.41. The van der Waals surface area contributed by atoms with Crippen LogP contribution in [0.1, 0.15) is 39.0 Å². The first-order valence-electron chi connectivity index (χ1n) is 7.08. The van der Waals surface area contributed by atoms with Crippen molar-refractivity contribution in [1.29, 1.82) is 0 Å². The third kappa shape index (κ3) is 1.82. The molecule has 0 spiro atoms. The molecule has 100 valence electrons. The van der Waals surface area contributed by atoms with Gasteiger partial charge in [-0.15, -0.1) is 0 Å². The van der Waals surface area contributed by atoms with Gasteiger partial charge in [0, 0.05) is 19.0 Å². The van der Waals surface area contributed by atoms with Crippen molar-refractivity contribution >= 4 is 11.9 Å². The molecule has 1 heterocycles. The molecule has 5 unspecified atom stereocenters. The molecule has 3 fully saturated rings. The number of fused-ring (bicyclic) bond motifs is 2. The van der Waals surface area contributed by atoms with Gasteiger partial charge in [0.2, 0.25) is 5.91 Å². The lowest BCUT2D eigenvalue weighted by Gasteiger charge is -2.34. The van der Waals surface area contributed by atoms with Gasteiger partial charge in [0.25, 0.3) is 0 Å². The van der Waals surface area contributed by atoms with E-state index in [0.29, 0.717) is 12.5 Å². The minimum Gasteiger partial charge on any atom is -0.481 e. The average Bonchev–Trinajstić information content (AvgIpc) is 3.01. The summed E-state index contributed by atoms with van der Waals surface area (Å²) in [5.74, 6) is 0.986. The number of nitrogens with zero attached hydrogens (tertiary/aromatic N) is 1. The summed E-state index contributed by atoms with van der Waals surface area (Å²) in [4.78, 5) is 24.8. The maximum atomic E-state index is 12.0. The molecule has 2 saturated carbocycles. The quantitative estimate of drug-likeness (QED) is 0.831. The second kappa shape index (κ2) is 4.25. The molecule has 0 aromatic heterocycles. The van der Waals surface area contributed by atoms with E-state index >= 15 is 0 Å². The maximum Gasteiger partial charge on any atom is 0.308 e. The van der Waals surface area contributed by atoms with Crippen LogP contribution in [0.4, 0.5) is 0 Å². The first kappa shape index (κ1) is 12.0. The zero-order valence-electron chi connectivity index (χ0n) is 10.8. The molecule has 0 radical (unpaired) electrons. The molecule has 1 saturated heterocycles. The predicted octanol–water partition coefficient (Wildman–Crippen LogP) is 1.74. The molecular formula is C14H21NO3. The molecule has 5 atom stereocenters. The molecule has 2 aliphatic carbocycles. The predicted molar refractivity (Wildman–Crippen MR) is 65.9 cm³/mol. The second-order valence-corrected chi connectivity index (χ2v) is 6.36. The summed E-state index contributed by atoms with van der Waals surface area (Å²) < 4.78 is 0. The van der Waals surface area contributed by atoms with Crippen molar-refractivity contribution in [3.05, 3.63) is 0 Å². The number of hydrogen-bond donors (Lipinski definition) is 1. The van der Waals surface area contributed by atoms with Crippen molar-refractivity contribution in [1.82, 2.24) is 4.90 Å². The smallest absolute Gasteiger partial charge is 0.308 e. The van der Waals surface area contributed by atoms with Crippen LogP contribution in [0, 0.1) is 23.7 Å². The van der Waals surface area contributed by atoms with Crippen molar-refractivity contribution in [2.75, 3.05) is 6.54 Å². The molecule has 1 N–H and O–H groups in total. The summed E-state index contributed by atoms with van der Waals surface area (Å²) >= 11 is 0. The van der Waals surface area contributed by atoms with E-state index in [0.717, 1.165) is 11.8 Å². The highest BCUT2D eigenvalue weighted by atomic mass is 16.4. The van der Waals surface area contributed by atoms with Crippen LogP contribution >= 0.6 is 0 Å². The molecule has 0 aromatic carbocycles. The Labute approximate surface area is 107 Å². The van der Waals surface area contributed by atoms with E-state index in [9.17, 15) is 9.59 Å². The zero-order chi connectivity index (χ0) is 12.9. The van der Waals surface area contributed by atoms with Crippen molar-refractivity contribution < 1.29 is 14.7 Å². The van der Waals surface area contributed by atoms with Crippen LogP contribution < -0.4 is 0 Å². The topological polar surface area (TPSA) is 57.6 Å². The third-order valence-corrected chi connectivity index (χ3v) is 5.41. The highest BCUT2D eigenvalue weighted by molar-refractivity contribution is 5.86. The summed E-state index contributed by atoms with van der Waals surface area (Å²) in [6.07, 6.45) is 5.44. The third-order valence-electron chi connectivity index (χ3n) is 5.41. The Morgan fingerprint density at radius 2 is 2.17 bits per heavy atom. The molecule has 18 heavy (non-hydrogen) atoms. The first-order valence-corrected chi connectivity index (χ1v) is 7.08. The standard InChI is InChI=1S/C14H21NO3/c1-8(12-5-9-2-3-10(12)4-9)15-7-11(14(17)18)6-13(15)16/h8-12H,2-7H2,1H3,(H,17,18). The first-order chi connectivity index (χ1) is 8.56. The minimum atomic E-state index is -0.828. The Bertz CT molecular complexity index is 381. The number of amides is 1. The van der Waals surface area contributed by atoms with Gasteiger partial charge >= 0.3 is 5.97 Å². The highest BCUT2D eigenvalue weighted by Crippen LogP contribution is 2.50. The molecule has 3 rings (SSSR count). The minimum absolute atomic E-state index is 0.0395. The van der Waals surface area contributed by atoms with Gasteiger partial charge in [-0.05, 0) is 43.9 Å². The summed E-state index contributed by atoms with van der Waals surface area (Å²) in [5, 5.41) is 9.02. The van der Waals surface area contributed by atoms with Crippen LogP contribution in [0.5, 0.6) is 0 Å². The lowest BCUT2D eigenvalue weighted by Crippen LogP contribution is -2.41. The Hall–Kier alpha value is -1.06. The number of carboxylic acid groups (broad SMARTS) is 1. The summed E-state index contributed by atoms with van der Waals surface area (Å²) in [6, 6.07) is 0.233. The molecule has 1 aliphatic heterocycles. The van der Waals surface area contributed by atoms with Gasteiger partial charge in [0.1, 0.15) is 0 Å². The van der Waals surface area contributed by atoms with Crippen LogP contribution in [0.25, 0.3) is 0 Å². The number of carboxylic acids is 1. The van der Waals surface area contributed by atoms with E-state index in [1.165, 1.54) is 25.7 Å². The normalized spacial score (nSPS) is 40.5. The number of aliphatic carboxylic acids is 1. The van der Waals surface area contributed by atoms with Crippen LogP contribution in [-0.2, 0) is 9.59 Å². The SMILES string of the molecule is CC(C1CC2CCC1C2)N1CC(C(=O)O)CC1=O. The van der Waals surface area contributed by atoms with Crippen LogP contribution in [0.15, 0.2) is 0 Å². The fourth-order valence-corrected chi connectivity index (χ4v) is 4.41. The molecule has 4 heteroatoms. The number of likely N-dealkylation sites (tertiary alicyclic amines) is 1. The van der Waals surface area contributed by atoms with Gasteiger partial charge in [0.05, 0.1) is 5.92 Å². The van der Waals surface area contributed by atoms with Crippen molar-refractivity contribution in [2.45, 2.75) is 45.1 Å². The highest BCUT2D eigenvalue weighted by Gasteiger charge is 2.46. The fraction of sp³-hybridized carbons (Fsp3) is 0.857. The van der Waals surface area contributed by atoms with Crippen LogP contribution in [-0.4, -0.2) is 34.5 Å². The van der Waals surface area contributed by atoms with Crippen LogP contribution in [0.2, 0.25) is 0 Å². The van der Waals surface area contributed by atoms with Gasteiger partial charge in [-0.25, -0.2) is 0 Å². The van der Waals surface area contributed by atoms with E-state index < -0.39 is 11.9 Å². The zero-order valence-corrected chi connectivity index (χ0v) is 10.8. The number of carbonyl (C=O) groups excluding carboxylic acids is 1. The summed E-state index contributed by atoms with van der Waals surface area (Å²) in [5.41, 5.74) is 0. The molecule has 3 aliphatic rings. The van der Waals surface area contributed by atoms with Gasteiger partial charge in [-0.2, -0.15) is 0 Å². The number of carbonyl (C=O) groups is 2. The van der Waals surface area contributed by atoms with Crippen LogP contribution in [0.3, 0.4) is 0 Å². The van der Waals surface area contributed by atoms with Crippen molar-refractivity contribution in [3.63, 3.8) is 0 Å². The lowest BCUT2D eigenvalue weighted by molar-refractivity contribution is -0.141. The number of hydrogen-bond acceptors (Lipinski definition) is 2. The van der Waals surface area contributed by atoms with Crippen molar-refractivity contribution in [2.24, 2.45) is 23.7 Å². The van der Waals surface area contributed by atoms with E-state index in [1.807, 2.05) is 4.90 Å². The Morgan fingerprint density at radius 3 is 2.67 bits per heavy atom. The molecule has 2 bridgehead atoms. The van der Waals surface area contributed by atoms with Gasteiger partial charge in [-0.3, -0.25) is 9.59 Å². The Kier molecular flexibility index (Phi) is 2.83. The summed E-state index contributed by atoms with van der Waals surface area (Å²) in [6.45, 7) is 2.54. The lowest BCUT2D eigenvalue weighted by atomic mass is 9.83. The van der Waals surface area contributed by atoms with E-state index in [1.54, 1.807) is 0 Å². The van der Waals surface area contributed by atoms with Gasteiger partial charge in [-0.1, -0.05) is 6.42 Å². The van der Waals surface area contributed by atoms with Gasteiger partial charge < -0.3 is 10.0 Å². The average molecular weight is 251 g/mol. The number of rotatable bonds is 3. The Balaban J connectivity index is 1.68. The summed E-state index contributed by atoms with van der Waals surface area (Å²) in [7, 11) is 0. The molecule has 1 amide bonds. The largest absolute Gasteiger partial charge is 0.481 e. The van der Waals surface area contributed by atoms with Crippen molar-refractivity contribution in [3.8, 4) is 0 Å². The van der Waals surface area contributed by atoms with E-state index in [4.69, 9.17) is 5.11 Å². The van der Waals surface area contributed by atoms with Gasteiger partial charge in [0.15, 0.2) is 0 Å². The molecule has 4 nitrogen and oxygen atoms in total. The van der Waals surface area contributed by atoms with E-state index in [2.05, 4.69) is 6.92 Å². The maximum absolute atomic E-state index is 12.0. The van der Waals surface area contributed by atoms with E-state index in [-0.39, 0.29) is 18.4 Å².